The monoisotopic (exact) mass is 231 g/mol. The molecule has 0 fully saturated rings. The lowest BCUT2D eigenvalue weighted by Gasteiger charge is -1.64. The summed E-state index contributed by atoms with van der Waals surface area (Å²) in [5.41, 5.74) is 0. The maximum Gasteiger partial charge on any atom is -0.0000000000000321 e. The van der Waals surface area contributed by atoms with Gasteiger partial charge in [-0.05, 0) is 82.9 Å². The first kappa shape index (κ1) is 14.9. The Labute approximate surface area is 114 Å². The highest BCUT2D eigenvalue weighted by Gasteiger charge is 1.56. The summed E-state index contributed by atoms with van der Waals surface area (Å²) in [5, 5.41) is 0. The van der Waals surface area contributed by atoms with Crippen molar-refractivity contribution in [2.24, 2.45) is 0 Å². The predicted molar refractivity (Wildman–Crippen MR) is 76.4 cm³/mol. The Morgan fingerprint density at radius 3 is 0.947 bits per heavy atom. The van der Waals surface area contributed by atoms with Crippen LogP contribution in [0.1, 0.15) is 0 Å². The predicted octanol–water partition coefficient (Wildman–Crippen LogP) is 0.481. The second-order valence-electron chi connectivity index (χ2n) is 2.20. The van der Waals surface area contributed by atoms with Crippen LogP contribution in [0, 0.1) is 114 Å². The van der Waals surface area contributed by atoms with Crippen molar-refractivity contribution in [1.82, 2.24) is 0 Å². The highest BCUT2D eigenvalue weighted by molar-refractivity contribution is 5.46. The zero-order valence-corrected chi connectivity index (χ0v) is 9.78. The molecule has 0 atom stereocenters. The van der Waals surface area contributed by atoms with Gasteiger partial charge in [0.05, 0.1) is 0 Å². The Bertz CT molecular complexity index is 857. The van der Waals surface area contributed by atoms with Crippen molar-refractivity contribution in [2.75, 3.05) is 0 Å². The van der Waals surface area contributed by atoms with Crippen molar-refractivity contribution in [3.63, 3.8) is 0 Å². The van der Waals surface area contributed by atoms with Gasteiger partial charge >= 0.3 is 0 Å². The van der Waals surface area contributed by atoms with E-state index in [4.69, 9.17) is 6.42 Å². The second-order valence-corrected chi connectivity index (χ2v) is 2.20. The molecule has 0 aromatic carbocycles. The van der Waals surface area contributed by atoms with Crippen molar-refractivity contribution in [3.8, 4) is 107 Å². The van der Waals surface area contributed by atoms with E-state index in [0.29, 0.717) is 0 Å². The van der Waals surface area contributed by atoms with Gasteiger partial charge in [0.15, 0.2) is 0 Å². The lowest BCUT2D eigenvalue weighted by Crippen LogP contribution is -1.56. The van der Waals surface area contributed by atoms with Gasteiger partial charge in [-0.1, -0.05) is 0 Å². The van der Waals surface area contributed by atoms with Crippen LogP contribution in [0.15, 0.2) is 0 Å². The van der Waals surface area contributed by atoms with E-state index >= 15 is 0 Å². The normalized spacial score (nSPS) is 3.74. The first-order chi connectivity index (χ1) is 9.41. The first-order valence-corrected chi connectivity index (χ1v) is 4.64. The molecule has 0 aliphatic rings. The Balaban J connectivity index is 4.32. The van der Waals surface area contributed by atoms with Gasteiger partial charge < -0.3 is 0 Å². The summed E-state index contributed by atoms with van der Waals surface area (Å²) in [4.78, 5) is 0. The molecule has 0 spiro atoms. The average molecular weight is 231 g/mol. The molecular weight excluding hydrogens is 228 g/mol. The van der Waals surface area contributed by atoms with Gasteiger partial charge in [0.25, 0.3) is 0 Å². The van der Waals surface area contributed by atoms with E-state index in [-0.39, 0.29) is 0 Å². The van der Waals surface area contributed by atoms with Crippen molar-refractivity contribution in [2.45, 2.75) is 0 Å². The maximum absolute atomic E-state index is 4.89. The molecule has 19 heavy (non-hydrogen) atoms. The van der Waals surface area contributed by atoms with Gasteiger partial charge in [-0.15, -0.1) is 12.3 Å². The molecule has 0 rings (SSSR count). The molecule has 0 saturated heterocycles. The van der Waals surface area contributed by atoms with Gasteiger partial charge in [-0.2, -0.15) is 6.92 Å². The van der Waals surface area contributed by atoms with Crippen LogP contribution in [0.5, 0.6) is 0 Å². The van der Waals surface area contributed by atoms with Crippen LogP contribution >= 0.6 is 0 Å². The molecule has 0 aromatic rings. The van der Waals surface area contributed by atoms with E-state index < -0.39 is 0 Å². The average Bonchev–Trinajstić information content (AvgIpc) is 2.43. The van der Waals surface area contributed by atoms with Gasteiger partial charge in [-0.25, -0.2) is 5.92 Å². The maximum atomic E-state index is 4.89. The summed E-state index contributed by atoms with van der Waals surface area (Å²) in [6, 6.07) is 0. The number of terminal acetylenes is 1. The largest absolute Gasteiger partial charge is 0.284 e. The lowest BCUT2D eigenvalue weighted by molar-refractivity contribution is 2.31. The summed E-state index contributed by atoms with van der Waals surface area (Å²) in [7, 11) is 0. The van der Waals surface area contributed by atoms with Crippen molar-refractivity contribution in [1.29, 1.82) is 0 Å². The topological polar surface area (TPSA) is 0 Å². The molecular formula is C19H3-. The molecule has 0 heteroatoms. The lowest BCUT2D eigenvalue weighted by atomic mass is 10.5. The highest BCUT2D eigenvalue weighted by atomic mass is 13.6. The van der Waals surface area contributed by atoms with Crippen LogP contribution in [-0.2, 0) is 0 Å². The fraction of sp³-hybridized carbons (Fsp3) is 0. The molecule has 0 bridgehead atoms. The minimum Gasteiger partial charge on any atom is -0.284 e. The molecule has 0 heterocycles. The van der Waals surface area contributed by atoms with E-state index in [1.165, 1.54) is 0 Å². The quantitative estimate of drug-likeness (QED) is 0.420. The third-order valence-electron chi connectivity index (χ3n) is 1.04. The molecule has 0 saturated carbocycles. The van der Waals surface area contributed by atoms with E-state index in [1.54, 1.807) is 0 Å². The van der Waals surface area contributed by atoms with Crippen LogP contribution in [-0.4, -0.2) is 0 Å². The first-order valence-electron chi connectivity index (χ1n) is 4.64. The Kier molecular flexibility index (Phi) is 10.9. The highest BCUT2D eigenvalue weighted by Crippen LogP contribution is 1.57. The van der Waals surface area contributed by atoms with E-state index in [1.807, 2.05) is 0 Å². The SMILES string of the molecule is C#CC#CC#CC#CC#CC#CC#CC#CC#C[CH2-]. The number of hydrogen-bond acceptors (Lipinski definition) is 0. The van der Waals surface area contributed by atoms with Crippen LogP contribution in [0.2, 0.25) is 0 Å². The number of rotatable bonds is 0. The second kappa shape index (κ2) is 13.9. The molecule has 0 amide bonds. The van der Waals surface area contributed by atoms with Crippen LogP contribution in [0.3, 0.4) is 0 Å². The minimum atomic E-state index is 2.12. The van der Waals surface area contributed by atoms with Crippen molar-refractivity contribution in [3.05, 3.63) is 6.92 Å². The molecule has 0 nitrogen and oxygen atoms in total. The van der Waals surface area contributed by atoms with Crippen LogP contribution < -0.4 is 0 Å². The summed E-state index contributed by atoms with van der Waals surface area (Å²) in [5.74, 6) is 41.3. The Hall–Kier alpha value is -4.09. The van der Waals surface area contributed by atoms with Crippen molar-refractivity contribution < 1.29 is 0 Å². The van der Waals surface area contributed by atoms with Crippen molar-refractivity contribution >= 4 is 0 Å². The molecule has 80 valence electrons. The van der Waals surface area contributed by atoms with Gasteiger partial charge in [-0.3, -0.25) is 5.92 Å². The molecule has 0 radical (unpaired) electrons. The number of hydrogen-bond donors (Lipinski definition) is 0. The van der Waals surface area contributed by atoms with Crippen LogP contribution in [0.4, 0.5) is 0 Å². The van der Waals surface area contributed by atoms with Crippen LogP contribution in [0.25, 0.3) is 0 Å². The Morgan fingerprint density at radius 2 is 0.684 bits per heavy atom. The minimum absolute atomic E-state index is 2.12. The van der Waals surface area contributed by atoms with E-state index in [0.717, 1.165) is 0 Å². The molecule has 0 aliphatic heterocycles. The Morgan fingerprint density at radius 1 is 0.421 bits per heavy atom. The fourth-order valence-electron chi connectivity index (χ4n) is 0.487. The standard InChI is InChI=1S/C19H3/c1-3-5-7-9-11-13-15-17-19-18-16-14-12-10-8-6-4-2/h1H,2H2/q-1. The molecule has 0 N–H and O–H groups in total. The fourth-order valence-corrected chi connectivity index (χ4v) is 0.487. The summed E-state index contributed by atoms with van der Waals surface area (Å²) >= 11 is 0. The smallest absolute Gasteiger partial charge is 0.0000000000000321 e. The van der Waals surface area contributed by atoms with E-state index in [2.05, 4.69) is 108 Å². The molecule has 0 aliphatic carbocycles. The summed E-state index contributed by atoms with van der Waals surface area (Å²) < 4.78 is 0. The molecule has 0 aromatic heterocycles. The van der Waals surface area contributed by atoms with E-state index in [9.17, 15) is 0 Å². The third-order valence-corrected chi connectivity index (χ3v) is 1.04. The summed E-state index contributed by atoms with van der Waals surface area (Å²) in [6.07, 6.45) is 4.89. The molecule has 0 unspecified atom stereocenters. The summed E-state index contributed by atoms with van der Waals surface area (Å²) in [6.45, 7) is 3.29. The van der Waals surface area contributed by atoms with Gasteiger partial charge in [0.1, 0.15) is 0 Å². The third kappa shape index (κ3) is 13.9. The zero-order valence-electron chi connectivity index (χ0n) is 9.78. The zero-order chi connectivity index (χ0) is 14.0. The van der Waals surface area contributed by atoms with Gasteiger partial charge in [0, 0.05) is 0 Å². The van der Waals surface area contributed by atoms with Gasteiger partial charge in [0.2, 0.25) is 0 Å².